The molecular formula is C14H21NO. The largest absolute Gasteiger partial charge is 0.387 e. The van der Waals surface area contributed by atoms with Gasteiger partial charge in [-0.15, -0.1) is 0 Å². The van der Waals surface area contributed by atoms with E-state index in [9.17, 15) is 5.11 Å². The van der Waals surface area contributed by atoms with E-state index in [0.29, 0.717) is 12.6 Å². The van der Waals surface area contributed by atoms with Crippen LogP contribution in [0.1, 0.15) is 41.2 Å². The molecule has 0 amide bonds. The van der Waals surface area contributed by atoms with Crippen molar-refractivity contribution in [1.29, 1.82) is 0 Å². The highest BCUT2D eigenvalue weighted by Crippen LogP contribution is 2.23. The number of nitrogens with one attached hydrogen (secondary N) is 1. The third-order valence-electron chi connectivity index (χ3n) is 3.42. The van der Waals surface area contributed by atoms with Gasteiger partial charge in [-0.25, -0.2) is 0 Å². The van der Waals surface area contributed by atoms with Crippen LogP contribution in [-0.2, 0) is 0 Å². The summed E-state index contributed by atoms with van der Waals surface area (Å²) >= 11 is 0. The molecule has 0 saturated heterocycles. The fraction of sp³-hybridized carbons (Fsp3) is 0.571. The average Bonchev–Trinajstić information content (AvgIpc) is 3.03. The molecule has 1 aliphatic carbocycles. The molecule has 1 unspecified atom stereocenters. The molecule has 0 aliphatic heterocycles. The van der Waals surface area contributed by atoms with Crippen molar-refractivity contribution < 1.29 is 5.11 Å². The number of rotatable bonds is 4. The molecule has 2 N–H and O–H groups in total. The summed E-state index contributed by atoms with van der Waals surface area (Å²) in [6.07, 6.45) is 2.15. The summed E-state index contributed by atoms with van der Waals surface area (Å²) in [6.45, 7) is 6.95. The summed E-state index contributed by atoms with van der Waals surface area (Å²) in [4.78, 5) is 0. The maximum Gasteiger partial charge on any atom is 0.0917 e. The van der Waals surface area contributed by atoms with E-state index < -0.39 is 0 Å². The summed E-state index contributed by atoms with van der Waals surface area (Å²) < 4.78 is 0. The Bertz CT molecular complexity index is 383. The predicted octanol–water partition coefficient (Wildman–Crippen LogP) is 2.40. The van der Waals surface area contributed by atoms with Gasteiger partial charge in [-0.2, -0.15) is 0 Å². The monoisotopic (exact) mass is 219 g/mol. The molecule has 0 heterocycles. The molecule has 0 spiro atoms. The van der Waals surface area contributed by atoms with Gasteiger partial charge in [-0.05, 0) is 55.9 Å². The third-order valence-corrected chi connectivity index (χ3v) is 3.42. The summed E-state index contributed by atoms with van der Waals surface area (Å²) in [7, 11) is 0. The number of hydrogen-bond acceptors (Lipinski definition) is 2. The summed E-state index contributed by atoms with van der Waals surface area (Å²) in [5.74, 6) is 0. The molecule has 0 aromatic heterocycles. The summed E-state index contributed by atoms with van der Waals surface area (Å²) in [6, 6.07) is 4.93. The van der Waals surface area contributed by atoms with E-state index in [1.807, 2.05) is 0 Å². The van der Waals surface area contributed by atoms with E-state index in [-0.39, 0.29) is 6.10 Å². The first kappa shape index (κ1) is 11.6. The zero-order valence-corrected chi connectivity index (χ0v) is 10.4. The van der Waals surface area contributed by atoms with Crippen LogP contribution in [-0.4, -0.2) is 17.7 Å². The Balaban J connectivity index is 2.08. The van der Waals surface area contributed by atoms with Crippen LogP contribution < -0.4 is 5.32 Å². The van der Waals surface area contributed by atoms with Gasteiger partial charge in [0.05, 0.1) is 6.10 Å². The second kappa shape index (κ2) is 4.56. The first-order chi connectivity index (χ1) is 7.58. The van der Waals surface area contributed by atoms with Gasteiger partial charge in [0.2, 0.25) is 0 Å². The molecule has 1 aromatic carbocycles. The van der Waals surface area contributed by atoms with Crippen LogP contribution in [0.2, 0.25) is 0 Å². The van der Waals surface area contributed by atoms with E-state index in [1.165, 1.54) is 29.5 Å². The van der Waals surface area contributed by atoms with Crippen LogP contribution >= 0.6 is 0 Å². The minimum atomic E-state index is -0.375. The molecule has 2 nitrogen and oxygen atoms in total. The van der Waals surface area contributed by atoms with E-state index >= 15 is 0 Å². The van der Waals surface area contributed by atoms with Crippen LogP contribution in [0.4, 0.5) is 0 Å². The van der Waals surface area contributed by atoms with Gasteiger partial charge in [0.15, 0.2) is 0 Å². The normalized spacial score (nSPS) is 17.5. The lowest BCUT2D eigenvalue weighted by atomic mass is 9.97. The maximum absolute atomic E-state index is 10.1. The standard InChI is InChI=1S/C14H21NO/c1-9-6-11(3)13(7-10(9)2)14(16)8-15-12-4-5-12/h6-7,12,14-16H,4-5,8H2,1-3H3. The Morgan fingerprint density at radius 2 is 1.81 bits per heavy atom. The summed E-state index contributed by atoms with van der Waals surface area (Å²) in [5, 5.41) is 13.5. The maximum atomic E-state index is 10.1. The fourth-order valence-electron chi connectivity index (χ4n) is 2.02. The smallest absolute Gasteiger partial charge is 0.0917 e. The Hall–Kier alpha value is -0.860. The highest BCUT2D eigenvalue weighted by Gasteiger charge is 2.22. The highest BCUT2D eigenvalue weighted by atomic mass is 16.3. The number of aliphatic hydroxyl groups excluding tert-OH is 1. The van der Waals surface area contributed by atoms with Gasteiger partial charge in [0.1, 0.15) is 0 Å². The third kappa shape index (κ3) is 2.63. The van der Waals surface area contributed by atoms with Gasteiger partial charge in [0.25, 0.3) is 0 Å². The predicted molar refractivity (Wildman–Crippen MR) is 66.6 cm³/mol. The molecule has 2 heteroatoms. The topological polar surface area (TPSA) is 32.3 Å². The van der Waals surface area contributed by atoms with Gasteiger partial charge in [0, 0.05) is 12.6 Å². The SMILES string of the molecule is Cc1cc(C)c(C(O)CNC2CC2)cc1C. The average molecular weight is 219 g/mol. The highest BCUT2D eigenvalue weighted by molar-refractivity contribution is 5.37. The van der Waals surface area contributed by atoms with Crippen molar-refractivity contribution in [3.8, 4) is 0 Å². The van der Waals surface area contributed by atoms with E-state index in [4.69, 9.17) is 0 Å². The van der Waals surface area contributed by atoms with Crippen LogP contribution in [0.5, 0.6) is 0 Å². The zero-order valence-electron chi connectivity index (χ0n) is 10.4. The lowest BCUT2D eigenvalue weighted by Gasteiger charge is -2.16. The van der Waals surface area contributed by atoms with Crippen molar-refractivity contribution in [1.82, 2.24) is 5.32 Å². The van der Waals surface area contributed by atoms with E-state index in [1.54, 1.807) is 0 Å². The molecular weight excluding hydrogens is 198 g/mol. The van der Waals surface area contributed by atoms with Crippen LogP contribution in [0.25, 0.3) is 0 Å². The molecule has 0 radical (unpaired) electrons. The van der Waals surface area contributed by atoms with Gasteiger partial charge >= 0.3 is 0 Å². The van der Waals surface area contributed by atoms with Crippen LogP contribution in [0.3, 0.4) is 0 Å². The number of aryl methyl sites for hydroxylation is 3. The van der Waals surface area contributed by atoms with Crippen molar-refractivity contribution in [2.45, 2.75) is 45.8 Å². The molecule has 16 heavy (non-hydrogen) atoms. The second-order valence-electron chi connectivity index (χ2n) is 4.99. The quantitative estimate of drug-likeness (QED) is 0.815. The molecule has 1 saturated carbocycles. The molecule has 1 aromatic rings. The second-order valence-corrected chi connectivity index (χ2v) is 4.99. The van der Waals surface area contributed by atoms with Crippen LogP contribution in [0.15, 0.2) is 12.1 Å². The first-order valence-electron chi connectivity index (χ1n) is 6.07. The molecule has 1 fully saturated rings. The van der Waals surface area contributed by atoms with Crippen molar-refractivity contribution in [3.63, 3.8) is 0 Å². The fourth-order valence-corrected chi connectivity index (χ4v) is 2.02. The van der Waals surface area contributed by atoms with Crippen molar-refractivity contribution >= 4 is 0 Å². The Labute approximate surface area is 97.7 Å². The molecule has 88 valence electrons. The van der Waals surface area contributed by atoms with Crippen LogP contribution in [0, 0.1) is 20.8 Å². The zero-order chi connectivity index (χ0) is 11.7. The van der Waals surface area contributed by atoms with Gasteiger partial charge in [-0.1, -0.05) is 12.1 Å². The van der Waals surface area contributed by atoms with Gasteiger partial charge in [-0.3, -0.25) is 0 Å². The first-order valence-corrected chi connectivity index (χ1v) is 6.07. The minimum absolute atomic E-state index is 0.375. The molecule has 1 aliphatic rings. The van der Waals surface area contributed by atoms with E-state index in [0.717, 1.165) is 5.56 Å². The number of benzene rings is 1. The van der Waals surface area contributed by atoms with Gasteiger partial charge < -0.3 is 10.4 Å². The minimum Gasteiger partial charge on any atom is -0.387 e. The van der Waals surface area contributed by atoms with Crippen molar-refractivity contribution in [2.24, 2.45) is 0 Å². The molecule has 2 rings (SSSR count). The molecule has 0 bridgehead atoms. The van der Waals surface area contributed by atoms with Crippen molar-refractivity contribution in [3.05, 3.63) is 34.4 Å². The van der Waals surface area contributed by atoms with E-state index in [2.05, 4.69) is 38.2 Å². The Morgan fingerprint density at radius 3 is 2.44 bits per heavy atom. The number of hydrogen-bond donors (Lipinski definition) is 2. The number of aliphatic hydroxyl groups is 1. The Morgan fingerprint density at radius 1 is 1.19 bits per heavy atom. The molecule has 1 atom stereocenters. The summed E-state index contributed by atoms with van der Waals surface area (Å²) in [5.41, 5.74) is 4.80. The lowest BCUT2D eigenvalue weighted by molar-refractivity contribution is 0.173. The lowest BCUT2D eigenvalue weighted by Crippen LogP contribution is -2.23. The van der Waals surface area contributed by atoms with Crippen molar-refractivity contribution in [2.75, 3.05) is 6.54 Å². The Kier molecular flexibility index (Phi) is 3.31.